The van der Waals surface area contributed by atoms with Gasteiger partial charge in [-0.1, -0.05) is 38.1 Å². The molecule has 0 aliphatic carbocycles. The molecule has 1 aliphatic rings. The van der Waals surface area contributed by atoms with Crippen LogP contribution in [0.5, 0.6) is 0 Å². The number of piperidine rings is 1. The third kappa shape index (κ3) is 7.70. The van der Waals surface area contributed by atoms with Crippen LogP contribution in [0.3, 0.4) is 0 Å². The Labute approximate surface area is 217 Å². The maximum Gasteiger partial charge on any atom is 0.191 e. The number of nitrogens with one attached hydrogen (secondary N) is 2. The standard InChI is InChI=1S/C26H42N6.HI/c1-18-12-19(2)16-32(15-18)17-24-11-9-8-10-23(24)14-28-26(27-6)29-20(3)13-25-21(4)30-31(7)22(25)5;/h8-11,18-20H,12-17H2,1-7H3,(H2,27,28,29);1H. The van der Waals surface area contributed by atoms with E-state index in [0.29, 0.717) is 0 Å². The van der Waals surface area contributed by atoms with Gasteiger partial charge in [0.2, 0.25) is 0 Å². The van der Waals surface area contributed by atoms with Gasteiger partial charge in [-0.3, -0.25) is 14.6 Å². The quantitative estimate of drug-likeness (QED) is 0.296. The molecule has 0 radical (unpaired) electrons. The Balaban J connectivity index is 0.00000385. The lowest BCUT2D eigenvalue weighted by Crippen LogP contribution is -2.43. The number of guanidine groups is 1. The summed E-state index contributed by atoms with van der Waals surface area (Å²) in [5.74, 6) is 2.40. The van der Waals surface area contributed by atoms with E-state index in [4.69, 9.17) is 0 Å². The van der Waals surface area contributed by atoms with Gasteiger partial charge in [-0.15, -0.1) is 24.0 Å². The van der Waals surface area contributed by atoms with Crippen LogP contribution in [-0.2, 0) is 26.6 Å². The van der Waals surface area contributed by atoms with Crippen molar-refractivity contribution in [1.29, 1.82) is 0 Å². The molecule has 3 atom stereocenters. The molecule has 1 aromatic heterocycles. The number of benzene rings is 1. The largest absolute Gasteiger partial charge is 0.354 e. The summed E-state index contributed by atoms with van der Waals surface area (Å²) in [6, 6.07) is 9.05. The normalized spacial score (nSPS) is 20.3. The maximum absolute atomic E-state index is 4.54. The average Bonchev–Trinajstić information content (AvgIpc) is 2.97. The van der Waals surface area contributed by atoms with Crippen LogP contribution in [0.1, 0.15) is 55.3 Å². The molecule has 33 heavy (non-hydrogen) atoms. The van der Waals surface area contributed by atoms with Crippen molar-refractivity contribution in [2.24, 2.45) is 23.9 Å². The summed E-state index contributed by atoms with van der Waals surface area (Å²) >= 11 is 0. The number of rotatable bonds is 7. The molecule has 184 valence electrons. The number of likely N-dealkylation sites (tertiary alicyclic amines) is 1. The topological polar surface area (TPSA) is 57.5 Å². The van der Waals surface area contributed by atoms with Crippen molar-refractivity contribution in [2.75, 3.05) is 20.1 Å². The first-order valence-electron chi connectivity index (χ1n) is 12.0. The van der Waals surface area contributed by atoms with E-state index in [1.807, 2.05) is 18.8 Å². The van der Waals surface area contributed by atoms with Crippen LogP contribution in [0, 0.1) is 25.7 Å². The van der Waals surface area contributed by atoms with Crippen LogP contribution in [-0.4, -0.2) is 46.8 Å². The van der Waals surface area contributed by atoms with Gasteiger partial charge in [0.05, 0.1) is 5.69 Å². The number of nitrogens with zero attached hydrogens (tertiary/aromatic N) is 4. The van der Waals surface area contributed by atoms with Crippen LogP contribution in [0.4, 0.5) is 0 Å². The van der Waals surface area contributed by atoms with Crippen LogP contribution in [0.2, 0.25) is 0 Å². The summed E-state index contributed by atoms with van der Waals surface area (Å²) in [6.45, 7) is 15.4. The second-order valence-electron chi connectivity index (χ2n) is 9.86. The minimum atomic E-state index is 0. The summed E-state index contributed by atoms with van der Waals surface area (Å²) in [5, 5.41) is 11.6. The number of aryl methyl sites for hydroxylation is 2. The van der Waals surface area contributed by atoms with Crippen molar-refractivity contribution in [1.82, 2.24) is 25.3 Å². The number of aromatic nitrogens is 2. The highest BCUT2D eigenvalue weighted by Gasteiger charge is 2.22. The SMILES string of the molecule is CN=C(NCc1ccccc1CN1CC(C)CC(C)C1)NC(C)Cc1c(C)nn(C)c1C.I. The summed E-state index contributed by atoms with van der Waals surface area (Å²) in [7, 11) is 3.85. The van der Waals surface area contributed by atoms with Gasteiger partial charge in [0.15, 0.2) is 5.96 Å². The highest BCUT2D eigenvalue weighted by Crippen LogP contribution is 2.23. The summed E-state index contributed by atoms with van der Waals surface area (Å²) in [5.41, 5.74) is 6.41. The Morgan fingerprint density at radius 1 is 1.15 bits per heavy atom. The molecule has 7 heteroatoms. The molecule has 2 N–H and O–H groups in total. The highest BCUT2D eigenvalue weighted by atomic mass is 127. The molecule has 1 aliphatic heterocycles. The third-order valence-electron chi connectivity index (χ3n) is 6.68. The average molecular weight is 567 g/mol. The summed E-state index contributed by atoms with van der Waals surface area (Å²) in [6.07, 6.45) is 2.27. The van der Waals surface area contributed by atoms with Crippen molar-refractivity contribution in [3.63, 3.8) is 0 Å². The molecule has 3 unspecified atom stereocenters. The molecular formula is C26H43IN6. The van der Waals surface area contributed by atoms with Gasteiger partial charge in [-0.05, 0) is 62.1 Å². The number of hydrogen-bond donors (Lipinski definition) is 2. The molecular weight excluding hydrogens is 523 g/mol. The Morgan fingerprint density at radius 2 is 1.79 bits per heavy atom. The highest BCUT2D eigenvalue weighted by molar-refractivity contribution is 14.0. The lowest BCUT2D eigenvalue weighted by molar-refractivity contribution is 0.134. The molecule has 2 heterocycles. The van der Waals surface area contributed by atoms with Gasteiger partial charge in [0.25, 0.3) is 0 Å². The summed E-state index contributed by atoms with van der Waals surface area (Å²) < 4.78 is 1.96. The predicted molar refractivity (Wildman–Crippen MR) is 149 cm³/mol. The zero-order chi connectivity index (χ0) is 23.3. The molecule has 0 amide bonds. The lowest BCUT2D eigenvalue weighted by atomic mass is 9.91. The lowest BCUT2D eigenvalue weighted by Gasteiger charge is -2.35. The van der Waals surface area contributed by atoms with Crippen molar-refractivity contribution >= 4 is 29.9 Å². The second kappa shape index (κ2) is 12.7. The number of hydrogen-bond acceptors (Lipinski definition) is 3. The first-order valence-corrected chi connectivity index (χ1v) is 12.0. The van der Waals surface area contributed by atoms with E-state index in [2.05, 4.69) is 84.5 Å². The van der Waals surface area contributed by atoms with E-state index in [1.54, 1.807) is 0 Å². The van der Waals surface area contributed by atoms with Crippen molar-refractivity contribution in [3.05, 3.63) is 52.3 Å². The van der Waals surface area contributed by atoms with E-state index in [9.17, 15) is 0 Å². The fourth-order valence-electron chi connectivity index (χ4n) is 5.12. The van der Waals surface area contributed by atoms with Gasteiger partial charge >= 0.3 is 0 Å². The Bertz CT molecular complexity index is 912. The number of aliphatic imine (C=N–C) groups is 1. The first kappa shape index (κ1) is 27.6. The van der Waals surface area contributed by atoms with E-state index in [1.165, 1.54) is 41.9 Å². The molecule has 1 saturated heterocycles. The van der Waals surface area contributed by atoms with E-state index < -0.39 is 0 Å². The Morgan fingerprint density at radius 3 is 2.36 bits per heavy atom. The fourth-order valence-corrected chi connectivity index (χ4v) is 5.12. The van der Waals surface area contributed by atoms with Gasteiger partial charge < -0.3 is 10.6 Å². The van der Waals surface area contributed by atoms with Crippen LogP contribution in [0.25, 0.3) is 0 Å². The van der Waals surface area contributed by atoms with Gasteiger partial charge in [-0.25, -0.2) is 0 Å². The molecule has 6 nitrogen and oxygen atoms in total. The van der Waals surface area contributed by atoms with Crippen molar-refractivity contribution in [3.8, 4) is 0 Å². The zero-order valence-corrected chi connectivity index (χ0v) is 23.8. The maximum atomic E-state index is 4.54. The monoisotopic (exact) mass is 566 g/mol. The molecule has 0 saturated carbocycles. The second-order valence-corrected chi connectivity index (χ2v) is 9.86. The Hall–Kier alpha value is -1.61. The fraction of sp³-hybridized carbons (Fsp3) is 0.615. The molecule has 1 fully saturated rings. The van der Waals surface area contributed by atoms with Gasteiger partial charge in [-0.2, -0.15) is 5.10 Å². The molecule has 0 spiro atoms. The van der Waals surface area contributed by atoms with Gasteiger partial charge in [0.1, 0.15) is 0 Å². The van der Waals surface area contributed by atoms with Crippen molar-refractivity contribution < 1.29 is 0 Å². The first-order chi connectivity index (χ1) is 15.3. The van der Waals surface area contributed by atoms with Crippen LogP contribution >= 0.6 is 24.0 Å². The van der Waals surface area contributed by atoms with Crippen molar-refractivity contribution in [2.45, 2.75) is 66.6 Å². The smallest absolute Gasteiger partial charge is 0.191 e. The molecule has 2 aromatic rings. The Kier molecular flexibility index (Phi) is 10.7. The van der Waals surface area contributed by atoms with E-state index in [0.717, 1.165) is 43.0 Å². The third-order valence-corrected chi connectivity index (χ3v) is 6.68. The predicted octanol–water partition coefficient (Wildman–Crippen LogP) is 4.43. The molecule has 1 aromatic carbocycles. The van der Waals surface area contributed by atoms with E-state index in [-0.39, 0.29) is 30.0 Å². The van der Waals surface area contributed by atoms with Crippen LogP contribution < -0.4 is 10.6 Å². The summed E-state index contributed by atoms with van der Waals surface area (Å²) in [4.78, 5) is 7.08. The van der Waals surface area contributed by atoms with E-state index >= 15 is 0 Å². The van der Waals surface area contributed by atoms with Crippen LogP contribution in [0.15, 0.2) is 29.3 Å². The minimum Gasteiger partial charge on any atom is -0.354 e. The number of halogens is 1. The molecule has 0 bridgehead atoms. The zero-order valence-electron chi connectivity index (χ0n) is 21.5. The molecule has 3 rings (SSSR count). The van der Waals surface area contributed by atoms with Gasteiger partial charge in [0, 0.05) is 52.0 Å². The minimum absolute atomic E-state index is 0.